The third kappa shape index (κ3) is 4.96. The predicted molar refractivity (Wildman–Crippen MR) is 82.8 cm³/mol. The zero-order valence-corrected chi connectivity index (χ0v) is 13.2. The minimum Gasteiger partial charge on any atom is -0.379 e. The summed E-state index contributed by atoms with van der Waals surface area (Å²) < 4.78 is 5.77. The van der Waals surface area contributed by atoms with Crippen LogP contribution in [0.1, 0.15) is 55.0 Å². The van der Waals surface area contributed by atoms with Crippen LogP contribution in [0.15, 0.2) is 12.1 Å². The molecule has 1 aromatic carbocycles. The molecule has 1 aromatic rings. The van der Waals surface area contributed by atoms with Gasteiger partial charge >= 0.3 is 0 Å². The first-order valence-corrected chi connectivity index (χ1v) is 7.49. The highest BCUT2D eigenvalue weighted by Gasteiger charge is 2.16. The standard InChI is InChI=1S/C17H29NO/c1-6-8-18-16(12-19-9-7-2)17-14(4)10-13(3)11-15(17)5/h10-11,16,18H,6-9,12H2,1-5H3. The Balaban J connectivity index is 2.89. The molecule has 1 atom stereocenters. The van der Waals surface area contributed by atoms with Crippen molar-refractivity contribution in [2.75, 3.05) is 19.8 Å². The molecule has 0 aromatic heterocycles. The number of nitrogens with one attached hydrogen (secondary N) is 1. The van der Waals surface area contributed by atoms with E-state index >= 15 is 0 Å². The SMILES string of the molecule is CCCNC(COCCC)c1c(C)cc(C)cc1C. The second-order valence-corrected chi connectivity index (χ2v) is 5.39. The maximum atomic E-state index is 5.77. The van der Waals surface area contributed by atoms with E-state index in [1.165, 1.54) is 22.3 Å². The van der Waals surface area contributed by atoms with Gasteiger partial charge in [0.05, 0.1) is 12.6 Å². The van der Waals surface area contributed by atoms with E-state index in [1.54, 1.807) is 0 Å². The Bertz CT molecular complexity index is 364. The number of rotatable bonds is 8. The van der Waals surface area contributed by atoms with Crippen LogP contribution in [0.2, 0.25) is 0 Å². The molecule has 1 unspecified atom stereocenters. The lowest BCUT2D eigenvalue weighted by Gasteiger charge is -2.23. The fourth-order valence-corrected chi connectivity index (χ4v) is 2.65. The zero-order valence-electron chi connectivity index (χ0n) is 13.2. The van der Waals surface area contributed by atoms with Crippen molar-refractivity contribution in [1.82, 2.24) is 5.32 Å². The molecule has 0 fully saturated rings. The van der Waals surface area contributed by atoms with E-state index in [1.807, 2.05) is 0 Å². The van der Waals surface area contributed by atoms with Crippen LogP contribution in [0.4, 0.5) is 0 Å². The molecule has 0 aliphatic heterocycles. The van der Waals surface area contributed by atoms with E-state index in [-0.39, 0.29) is 0 Å². The van der Waals surface area contributed by atoms with Crippen LogP contribution in [0, 0.1) is 20.8 Å². The van der Waals surface area contributed by atoms with Crippen LogP contribution < -0.4 is 5.32 Å². The first-order chi connectivity index (χ1) is 9.10. The quantitative estimate of drug-likeness (QED) is 0.714. The van der Waals surface area contributed by atoms with Crippen LogP contribution in [0.5, 0.6) is 0 Å². The van der Waals surface area contributed by atoms with Gasteiger partial charge in [0.25, 0.3) is 0 Å². The zero-order chi connectivity index (χ0) is 14.3. The van der Waals surface area contributed by atoms with Crippen LogP contribution in [-0.2, 0) is 4.74 Å². The number of hydrogen-bond donors (Lipinski definition) is 1. The van der Waals surface area contributed by atoms with E-state index in [2.05, 4.69) is 52.1 Å². The van der Waals surface area contributed by atoms with Gasteiger partial charge in [0.1, 0.15) is 0 Å². The monoisotopic (exact) mass is 263 g/mol. The lowest BCUT2D eigenvalue weighted by molar-refractivity contribution is 0.111. The van der Waals surface area contributed by atoms with Crippen LogP contribution in [-0.4, -0.2) is 19.8 Å². The topological polar surface area (TPSA) is 21.3 Å². The maximum Gasteiger partial charge on any atom is 0.0661 e. The summed E-state index contributed by atoms with van der Waals surface area (Å²) in [6.07, 6.45) is 2.22. The van der Waals surface area contributed by atoms with Gasteiger partial charge in [-0.2, -0.15) is 0 Å². The minimum atomic E-state index is 0.312. The van der Waals surface area contributed by atoms with Crippen LogP contribution in [0.25, 0.3) is 0 Å². The molecule has 108 valence electrons. The maximum absolute atomic E-state index is 5.77. The summed E-state index contributed by atoms with van der Waals surface area (Å²) in [7, 11) is 0. The van der Waals surface area contributed by atoms with Gasteiger partial charge in [-0.1, -0.05) is 31.5 Å². The van der Waals surface area contributed by atoms with Gasteiger partial charge in [-0.3, -0.25) is 0 Å². The number of aryl methyl sites for hydroxylation is 3. The van der Waals surface area contributed by atoms with Crippen molar-refractivity contribution in [2.24, 2.45) is 0 Å². The summed E-state index contributed by atoms with van der Waals surface area (Å²) in [6.45, 7) is 13.6. The lowest BCUT2D eigenvalue weighted by atomic mass is 9.94. The summed E-state index contributed by atoms with van der Waals surface area (Å²) in [4.78, 5) is 0. The lowest BCUT2D eigenvalue weighted by Crippen LogP contribution is -2.28. The van der Waals surface area contributed by atoms with E-state index in [0.29, 0.717) is 6.04 Å². The molecule has 0 radical (unpaired) electrons. The van der Waals surface area contributed by atoms with Crippen molar-refractivity contribution < 1.29 is 4.74 Å². The van der Waals surface area contributed by atoms with Crippen molar-refractivity contribution in [3.8, 4) is 0 Å². The molecule has 0 aliphatic carbocycles. The fraction of sp³-hybridized carbons (Fsp3) is 0.647. The van der Waals surface area contributed by atoms with Crippen molar-refractivity contribution in [3.05, 3.63) is 34.4 Å². The molecule has 2 nitrogen and oxygen atoms in total. The summed E-state index contributed by atoms with van der Waals surface area (Å²) in [5, 5.41) is 3.62. The average molecular weight is 263 g/mol. The fourth-order valence-electron chi connectivity index (χ4n) is 2.65. The molecular formula is C17H29NO. The highest BCUT2D eigenvalue weighted by atomic mass is 16.5. The average Bonchev–Trinajstić information content (AvgIpc) is 2.34. The molecule has 0 aliphatic rings. The van der Waals surface area contributed by atoms with E-state index in [0.717, 1.165) is 32.6 Å². The van der Waals surface area contributed by atoms with Crippen LogP contribution >= 0.6 is 0 Å². The largest absolute Gasteiger partial charge is 0.379 e. The summed E-state index contributed by atoms with van der Waals surface area (Å²) >= 11 is 0. The van der Waals surface area contributed by atoms with Crippen LogP contribution in [0.3, 0.4) is 0 Å². The number of benzene rings is 1. The molecule has 1 N–H and O–H groups in total. The molecule has 0 saturated carbocycles. The first-order valence-electron chi connectivity index (χ1n) is 7.49. The Morgan fingerprint density at radius 2 is 1.68 bits per heavy atom. The molecule has 0 heterocycles. The van der Waals surface area contributed by atoms with Gasteiger partial charge in [-0.15, -0.1) is 0 Å². The van der Waals surface area contributed by atoms with Crippen molar-refractivity contribution >= 4 is 0 Å². The molecule has 0 amide bonds. The van der Waals surface area contributed by atoms with Gasteiger partial charge in [-0.05, 0) is 56.8 Å². The Hall–Kier alpha value is -0.860. The van der Waals surface area contributed by atoms with Crippen molar-refractivity contribution in [1.29, 1.82) is 0 Å². The Morgan fingerprint density at radius 1 is 1.05 bits per heavy atom. The predicted octanol–water partition coefficient (Wildman–Crippen LogP) is 4.08. The van der Waals surface area contributed by atoms with Crippen molar-refractivity contribution in [2.45, 2.75) is 53.5 Å². The Morgan fingerprint density at radius 3 is 2.21 bits per heavy atom. The molecular weight excluding hydrogens is 234 g/mol. The van der Waals surface area contributed by atoms with E-state index in [4.69, 9.17) is 4.74 Å². The molecule has 0 bridgehead atoms. The minimum absolute atomic E-state index is 0.312. The molecule has 0 saturated heterocycles. The van der Waals surface area contributed by atoms with E-state index < -0.39 is 0 Å². The second-order valence-electron chi connectivity index (χ2n) is 5.39. The third-order valence-electron chi connectivity index (χ3n) is 3.36. The molecule has 2 heteroatoms. The number of hydrogen-bond acceptors (Lipinski definition) is 2. The first kappa shape index (κ1) is 16.2. The van der Waals surface area contributed by atoms with E-state index in [9.17, 15) is 0 Å². The van der Waals surface area contributed by atoms with Gasteiger partial charge in [-0.25, -0.2) is 0 Å². The smallest absolute Gasteiger partial charge is 0.0661 e. The van der Waals surface area contributed by atoms with Gasteiger partial charge in [0.15, 0.2) is 0 Å². The highest BCUT2D eigenvalue weighted by Crippen LogP contribution is 2.24. The second kappa shape index (κ2) is 8.34. The number of ether oxygens (including phenoxy) is 1. The normalized spacial score (nSPS) is 12.7. The third-order valence-corrected chi connectivity index (χ3v) is 3.36. The van der Waals surface area contributed by atoms with Gasteiger partial charge in [0, 0.05) is 6.61 Å². The highest BCUT2D eigenvalue weighted by molar-refractivity contribution is 5.39. The van der Waals surface area contributed by atoms with Crippen molar-refractivity contribution in [3.63, 3.8) is 0 Å². The Labute approximate surface area is 118 Å². The molecule has 19 heavy (non-hydrogen) atoms. The summed E-state index contributed by atoms with van der Waals surface area (Å²) in [6, 6.07) is 4.85. The molecule has 1 rings (SSSR count). The summed E-state index contributed by atoms with van der Waals surface area (Å²) in [5.74, 6) is 0. The summed E-state index contributed by atoms with van der Waals surface area (Å²) in [5.41, 5.74) is 5.48. The van der Waals surface area contributed by atoms with Gasteiger partial charge in [0.2, 0.25) is 0 Å². The van der Waals surface area contributed by atoms with Gasteiger partial charge < -0.3 is 10.1 Å². The Kier molecular flexibility index (Phi) is 7.11. The molecule has 0 spiro atoms.